The molecule has 0 bridgehead atoms. The summed E-state index contributed by atoms with van der Waals surface area (Å²) in [4.78, 5) is 4.10. The molecular formula is C17H21NO3S. The summed E-state index contributed by atoms with van der Waals surface area (Å²) < 4.78 is 32.1. The Hall–Kier alpha value is -1.72. The van der Waals surface area contributed by atoms with E-state index in [1.54, 1.807) is 19.2 Å². The van der Waals surface area contributed by atoms with Crippen molar-refractivity contribution in [3.05, 3.63) is 65.5 Å². The standard InChI is InChI=1S/C17H21NO3S/c1-2-17(22(19,20)21)16-13-15(11-12-18-16)10-6-9-14-7-4-3-5-8-14/h3-5,7-8,11-13,17H,2,6,9-10H2,1H3,(H,19,20,21). The van der Waals surface area contributed by atoms with Crippen LogP contribution < -0.4 is 0 Å². The molecule has 1 heterocycles. The summed E-state index contributed by atoms with van der Waals surface area (Å²) in [6.45, 7) is 1.72. The smallest absolute Gasteiger partial charge is 0.273 e. The first-order valence-electron chi connectivity index (χ1n) is 7.45. The van der Waals surface area contributed by atoms with Crippen LogP contribution in [0.3, 0.4) is 0 Å². The van der Waals surface area contributed by atoms with Crippen LogP contribution in [0.15, 0.2) is 48.7 Å². The van der Waals surface area contributed by atoms with Gasteiger partial charge in [0.1, 0.15) is 5.25 Å². The van der Waals surface area contributed by atoms with E-state index < -0.39 is 15.4 Å². The number of nitrogens with zero attached hydrogens (tertiary/aromatic N) is 1. The van der Waals surface area contributed by atoms with Gasteiger partial charge in [0, 0.05) is 6.20 Å². The Balaban J connectivity index is 2.02. The molecule has 5 heteroatoms. The average Bonchev–Trinajstić information content (AvgIpc) is 2.48. The second-order valence-electron chi connectivity index (χ2n) is 5.34. The number of pyridine rings is 1. The molecule has 0 radical (unpaired) electrons. The zero-order chi connectivity index (χ0) is 16.0. The SMILES string of the molecule is CCC(c1cc(CCCc2ccccc2)ccn1)S(=O)(=O)O. The highest BCUT2D eigenvalue weighted by molar-refractivity contribution is 7.86. The molecule has 118 valence electrons. The molecule has 0 aliphatic rings. The van der Waals surface area contributed by atoms with E-state index in [-0.39, 0.29) is 0 Å². The van der Waals surface area contributed by atoms with Crippen LogP contribution in [0.1, 0.15) is 41.8 Å². The molecule has 0 spiro atoms. The van der Waals surface area contributed by atoms with E-state index in [1.165, 1.54) is 5.56 Å². The molecule has 1 aromatic carbocycles. The fourth-order valence-corrected chi connectivity index (χ4v) is 3.39. The Morgan fingerprint density at radius 2 is 1.77 bits per heavy atom. The Morgan fingerprint density at radius 3 is 2.41 bits per heavy atom. The average molecular weight is 319 g/mol. The molecule has 1 atom stereocenters. The third-order valence-corrected chi connectivity index (χ3v) is 4.97. The van der Waals surface area contributed by atoms with E-state index in [0.29, 0.717) is 12.1 Å². The third-order valence-electron chi connectivity index (χ3n) is 3.68. The monoisotopic (exact) mass is 319 g/mol. The van der Waals surface area contributed by atoms with Gasteiger partial charge in [-0.05, 0) is 48.9 Å². The number of rotatable bonds is 7. The predicted octanol–water partition coefficient (Wildman–Crippen LogP) is 3.60. The highest BCUT2D eigenvalue weighted by atomic mass is 32.2. The molecule has 2 rings (SSSR count). The van der Waals surface area contributed by atoms with Gasteiger partial charge < -0.3 is 0 Å². The van der Waals surface area contributed by atoms with Gasteiger partial charge in [-0.1, -0.05) is 37.3 Å². The lowest BCUT2D eigenvalue weighted by Gasteiger charge is -2.12. The first-order valence-corrected chi connectivity index (χ1v) is 8.96. The van der Waals surface area contributed by atoms with Crippen LogP contribution in [0, 0.1) is 0 Å². The summed E-state index contributed by atoms with van der Waals surface area (Å²) in [6, 6.07) is 13.9. The fourth-order valence-electron chi connectivity index (χ4n) is 2.54. The van der Waals surface area contributed by atoms with Crippen molar-refractivity contribution in [1.29, 1.82) is 0 Å². The van der Waals surface area contributed by atoms with Crippen LogP contribution in [0.5, 0.6) is 0 Å². The number of aryl methyl sites for hydroxylation is 2. The molecule has 22 heavy (non-hydrogen) atoms. The molecule has 0 fully saturated rings. The van der Waals surface area contributed by atoms with Crippen LogP contribution in [-0.2, 0) is 23.0 Å². The van der Waals surface area contributed by atoms with Crippen molar-refractivity contribution < 1.29 is 13.0 Å². The van der Waals surface area contributed by atoms with E-state index in [0.717, 1.165) is 24.8 Å². The number of aromatic nitrogens is 1. The highest BCUT2D eigenvalue weighted by Crippen LogP contribution is 2.24. The summed E-state index contributed by atoms with van der Waals surface area (Å²) in [5.41, 5.74) is 2.76. The van der Waals surface area contributed by atoms with E-state index in [1.807, 2.05) is 24.3 Å². The van der Waals surface area contributed by atoms with Gasteiger partial charge in [0.15, 0.2) is 0 Å². The van der Waals surface area contributed by atoms with Crippen molar-refractivity contribution in [2.45, 2.75) is 37.9 Å². The lowest BCUT2D eigenvalue weighted by molar-refractivity contribution is 0.465. The van der Waals surface area contributed by atoms with Gasteiger partial charge in [0.25, 0.3) is 10.1 Å². The lowest BCUT2D eigenvalue weighted by atomic mass is 10.0. The molecule has 2 aromatic rings. The van der Waals surface area contributed by atoms with E-state index >= 15 is 0 Å². The first kappa shape index (κ1) is 16.6. The summed E-state index contributed by atoms with van der Waals surface area (Å²) >= 11 is 0. The fraction of sp³-hybridized carbons (Fsp3) is 0.353. The van der Waals surface area contributed by atoms with Crippen LogP contribution in [0.2, 0.25) is 0 Å². The summed E-state index contributed by atoms with van der Waals surface area (Å²) in [6.07, 6.45) is 4.73. The number of hydrogen-bond acceptors (Lipinski definition) is 3. The second kappa shape index (κ2) is 7.51. The van der Waals surface area contributed by atoms with Crippen LogP contribution >= 0.6 is 0 Å². The number of hydrogen-bond donors (Lipinski definition) is 1. The predicted molar refractivity (Wildman–Crippen MR) is 87.3 cm³/mol. The molecule has 0 saturated heterocycles. The lowest BCUT2D eigenvalue weighted by Crippen LogP contribution is -2.13. The zero-order valence-corrected chi connectivity index (χ0v) is 13.5. The Labute approximate surface area is 132 Å². The van der Waals surface area contributed by atoms with E-state index in [2.05, 4.69) is 17.1 Å². The number of benzene rings is 1. The van der Waals surface area contributed by atoms with Gasteiger partial charge in [-0.15, -0.1) is 0 Å². The van der Waals surface area contributed by atoms with Crippen molar-refractivity contribution in [1.82, 2.24) is 4.98 Å². The van der Waals surface area contributed by atoms with E-state index in [4.69, 9.17) is 0 Å². The normalized spacial score (nSPS) is 13.0. The van der Waals surface area contributed by atoms with Crippen molar-refractivity contribution in [3.63, 3.8) is 0 Å². The van der Waals surface area contributed by atoms with Crippen LogP contribution in [-0.4, -0.2) is 18.0 Å². The van der Waals surface area contributed by atoms with Gasteiger partial charge in [-0.3, -0.25) is 9.54 Å². The van der Waals surface area contributed by atoms with Crippen molar-refractivity contribution in [2.24, 2.45) is 0 Å². The second-order valence-corrected chi connectivity index (χ2v) is 6.94. The molecule has 1 unspecified atom stereocenters. The van der Waals surface area contributed by atoms with Gasteiger partial charge in [0.05, 0.1) is 5.69 Å². The van der Waals surface area contributed by atoms with Gasteiger partial charge >= 0.3 is 0 Å². The van der Waals surface area contributed by atoms with Gasteiger partial charge in [-0.25, -0.2) is 0 Å². The molecule has 0 aliphatic heterocycles. The van der Waals surface area contributed by atoms with Crippen molar-refractivity contribution in [2.75, 3.05) is 0 Å². The Bertz CT molecular complexity index is 699. The molecular weight excluding hydrogens is 298 g/mol. The van der Waals surface area contributed by atoms with Crippen molar-refractivity contribution >= 4 is 10.1 Å². The maximum atomic E-state index is 11.4. The zero-order valence-electron chi connectivity index (χ0n) is 12.6. The molecule has 0 aliphatic carbocycles. The van der Waals surface area contributed by atoms with Crippen molar-refractivity contribution in [3.8, 4) is 0 Å². The Kier molecular flexibility index (Phi) is 5.69. The maximum absolute atomic E-state index is 11.4. The van der Waals surface area contributed by atoms with Gasteiger partial charge in [-0.2, -0.15) is 8.42 Å². The minimum absolute atomic E-state index is 0.305. The summed E-state index contributed by atoms with van der Waals surface area (Å²) in [7, 11) is -4.11. The molecule has 0 amide bonds. The minimum atomic E-state index is -4.11. The van der Waals surface area contributed by atoms with Crippen LogP contribution in [0.25, 0.3) is 0 Å². The maximum Gasteiger partial charge on any atom is 0.273 e. The largest absolute Gasteiger partial charge is 0.285 e. The molecule has 0 saturated carbocycles. The topological polar surface area (TPSA) is 67.3 Å². The van der Waals surface area contributed by atoms with Gasteiger partial charge in [0.2, 0.25) is 0 Å². The third kappa shape index (κ3) is 4.64. The Morgan fingerprint density at radius 1 is 1.09 bits per heavy atom. The molecule has 1 N–H and O–H groups in total. The minimum Gasteiger partial charge on any atom is -0.285 e. The molecule has 1 aromatic heterocycles. The van der Waals surface area contributed by atoms with Crippen LogP contribution in [0.4, 0.5) is 0 Å². The molecule has 4 nitrogen and oxygen atoms in total. The summed E-state index contributed by atoms with van der Waals surface area (Å²) in [5.74, 6) is 0. The first-order chi connectivity index (χ1) is 10.5. The highest BCUT2D eigenvalue weighted by Gasteiger charge is 2.24. The van der Waals surface area contributed by atoms with E-state index in [9.17, 15) is 13.0 Å². The summed E-state index contributed by atoms with van der Waals surface area (Å²) in [5, 5.41) is -0.943. The quantitative estimate of drug-likeness (QED) is 0.792.